The predicted molar refractivity (Wildman–Crippen MR) is 36.9 cm³/mol. The van der Waals surface area contributed by atoms with Crippen LogP contribution in [0.4, 0.5) is 0 Å². The van der Waals surface area contributed by atoms with Crippen LogP contribution in [0.25, 0.3) is 0 Å². The molecule has 0 bridgehead atoms. The van der Waals surface area contributed by atoms with E-state index in [2.05, 4.69) is 0 Å². The number of nitrogens with zero attached hydrogens (tertiary/aromatic N) is 1. The molecule has 0 aromatic rings. The monoisotopic (exact) mass is 146 g/mol. The minimum atomic E-state index is -0.686. The largest absolute Gasteiger partial charge is 0.390 e. The lowest BCUT2D eigenvalue weighted by Crippen LogP contribution is -2.54. The molecule has 4 N–H and O–H groups in total. The molecule has 0 saturated carbocycles. The number of piperidine rings is 1. The number of nitrogens with two attached hydrogens (primary N) is 1. The Hall–Kier alpha value is -0.160. The van der Waals surface area contributed by atoms with Crippen molar-refractivity contribution in [2.45, 2.75) is 19.1 Å². The van der Waals surface area contributed by atoms with Crippen LogP contribution < -0.4 is 5.84 Å². The van der Waals surface area contributed by atoms with Crippen LogP contribution >= 0.6 is 0 Å². The Bertz CT molecular complexity index is 108. The highest BCUT2D eigenvalue weighted by molar-refractivity contribution is 4.81. The van der Waals surface area contributed by atoms with Gasteiger partial charge < -0.3 is 10.2 Å². The molecule has 1 heterocycles. The number of β-amino-alcohol motifs (C(OH)–C–C–N with tert-alkyl or cyclic N) is 1. The number of hydrogen-bond donors (Lipinski definition) is 3. The van der Waals surface area contributed by atoms with Crippen molar-refractivity contribution in [3.8, 4) is 0 Å². The minimum absolute atomic E-state index is 0.0637. The predicted octanol–water partition coefficient (Wildman–Crippen LogP) is -1.47. The average Bonchev–Trinajstić information content (AvgIpc) is 1.82. The maximum Gasteiger partial charge on any atom is 0.0942 e. The third-order valence-electron chi connectivity index (χ3n) is 1.92. The van der Waals surface area contributed by atoms with E-state index in [9.17, 15) is 5.11 Å². The summed E-state index contributed by atoms with van der Waals surface area (Å²) in [4.78, 5) is 0. The fourth-order valence-electron chi connectivity index (χ4n) is 1.28. The van der Waals surface area contributed by atoms with E-state index in [1.165, 1.54) is 5.01 Å². The molecule has 60 valence electrons. The molecule has 0 radical (unpaired) electrons. The Kier molecular flexibility index (Phi) is 2.25. The van der Waals surface area contributed by atoms with Crippen molar-refractivity contribution >= 4 is 0 Å². The van der Waals surface area contributed by atoms with Crippen LogP contribution in [-0.4, -0.2) is 40.5 Å². The minimum Gasteiger partial charge on any atom is -0.390 e. The molecular weight excluding hydrogens is 132 g/mol. The second kappa shape index (κ2) is 2.84. The molecule has 0 amide bonds. The molecule has 1 aliphatic rings. The molecule has 0 spiro atoms. The molecule has 4 nitrogen and oxygen atoms in total. The van der Waals surface area contributed by atoms with Crippen LogP contribution in [0.5, 0.6) is 0 Å². The first-order chi connectivity index (χ1) is 4.61. The first kappa shape index (κ1) is 7.94. The van der Waals surface area contributed by atoms with Gasteiger partial charge >= 0.3 is 0 Å². The Morgan fingerprint density at radius 2 is 2.00 bits per heavy atom. The van der Waals surface area contributed by atoms with Gasteiger partial charge in [-0.15, -0.1) is 0 Å². The van der Waals surface area contributed by atoms with E-state index in [0.717, 1.165) is 0 Å². The van der Waals surface area contributed by atoms with Gasteiger partial charge in [0.15, 0.2) is 0 Å². The smallest absolute Gasteiger partial charge is 0.0942 e. The summed E-state index contributed by atoms with van der Waals surface area (Å²) >= 11 is 0. The van der Waals surface area contributed by atoms with Crippen molar-refractivity contribution < 1.29 is 10.2 Å². The zero-order valence-corrected chi connectivity index (χ0v) is 6.07. The molecule has 1 fully saturated rings. The van der Waals surface area contributed by atoms with Crippen molar-refractivity contribution in [3.63, 3.8) is 0 Å². The van der Waals surface area contributed by atoms with E-state index in [-0.39, 0.29) is 5.92 Å². The van der Waals surface area contributed by atoms with Gasteiger partial charge in [0.05, 0.1) is 12.2 Å². The van der Waals surface area contributed by atoms with Gasteiger partial charge in [-0.25, -0.2) is 5.01 Å². The lowest BCUT2D eigenvalue weighted by molar-refractivity contribution is -0.0691. The Labute approximate surface area is 60.2 Å². The second-order valence-electron chi connectivity index (χ2n) is 2.99. The SMILES string of the molecule is CC1CN(N)CC(O)C1O. The summed E-state index contributed by atoms with van der Waals surface area (Å²) in [5.74, 6) is 5.50. The molecule has 3 unspecified atom stereocenters. The topological polar surface area (TPSA) is 69.7 Å². The fraction of sp³-hybridized carbons (Fsp3) is 1.00. The molecule has 1 aliphatic heterocycles. The Morgan fingerprint density at radius 3 is 2.50 bits per heavy atom. The molecule has 0 aromatic carbocycles. The van der Waals surface area contributed by atoms with Crippen LogP contribution in [-0.2, 0) is 0 Å². The van der Waals surface area contributed by atoms with E-state index >= 15 is 0 Å². The van der Waals surface area contributed by atoms with E-state index < -0.39 is 12.2 Å². The van der Waals surface area contributed by atoms with Crippen molar-refractivity contribution in [1.29, 1.82) is 0 Å². The van der Waals surface area contributed by atoms with Gasteiger partial charge in [-0.05, 0) is 5.92 Å². The van der Waals surface area contributed by atoms with Gasteiger partial charge in [0.25, 0.3) is 0 Å². The molecule has 4 heteroatoms. The normalized spacial score (nSPS) is 43.8. The Balaban J connectivity index is 2.49. The lowest BCUT2D eigenvalue weighted by atomic mass is 9.96. The highest BCUT2D eigenvalue weighted by Crippen LogP contribution is 2.14. The van der Waals surface area contributed by atoms with E-state index in [1.807, 2.05) is 6.92 Å². The fourth-order valence-corrected chi connectivity index (χ4v) is 1.28. The van der Waals surface area contributed by atoms with E-state index in [0.29, 0.717) is 13.1 Å². The summed E-state index contributed by atoms with van der Waals surface area (Å²) in [5, 5.41) is 19.9. The number of aliphatic hydroxyl groups is 2. The first-order valence-corrected chi connectivity index (χ1v) is 3.47. The highest BCUT2D eigenvalue weighted by atomic mass is 16.3. The van der Waals surface area contributed by atoms with Gasteiger partial charge in [0, 0.05) is 13.1 Å². The summed E-state index contributed by atoms with van der Waals surface area (Å²) in [7, 11) is 0. The van der Waals surface area contributed by atoms with Crippen molar-refractivity contribution in [2.24, 2.45) is 11.8 Å². The maximum atomic E-state index is 9.23. The lowest BCUT2D eigenvalue weighted by Gasteiger charge is -2.34. The van der Waals surface area contributed by atoms with Crippen molar-refractivity contribution in [1.82, 2.24) is 5.01 Å². The van der Waals surface area contributed by atoms with Crippen LogP contribution in [0.15, 0.2) is 0 Å². The number of aliphatic hydroxyl groups excluding tert-OH is 2. The van der Waals surface area contributed by atoms with Crippen LogP contribution in [0, 0.1) is 5.92 Å². The van der Waals surface area contributed by atoms with Gasteiger partial charge in [0.2, 0.25) is 0 Å². The van der Waals surface area contributed by atoms with E-state index in [1.54, 1.807) is 0 Å². The summed E-state index contributed by atoms with van der Waals surface area (Å²) in [6, 6.07) is 0. The average molecular weight is 146 g/mol. The van der Waals surface area contributed by atoms with Gasteiger partial charge in [-0.3, -0.25) is 5.84 Å². The molecule has 1 saturated heterocycles. The molecule has 10 heavy (non-hydrogen) atoms. The molecule has 0 aliphatic carbocycles. The van der Waals surface area contributed by atoms with Crippen molar-refractivity contribution in [2.75, 3.05) is 13.1 Å². The third-order valence-corrected chi connectivity index (χ3v) is 1.92. The molecule has 0 aromatic heterocycles. The zero-order valence-electron chi connectivity index (χ0n) is 6.07. The summed E-state index contributed by atoms with van der Waals surface area (Å²) in [6.45, 7) is 2.89. The number of hydrogen-bond acceptors (Lipinski definition) is 4. The first-order valence-electron chi connectivity index (χ1n) is 3.47. The highest BCUT2D eigenvalue weighted by Gasteiger charge is 2.30. The molecule has 1 rings (SSSR count). The third kappa shape index (κ3) is 1.46. The molecular formula is C6H14N2O2. The van der Waals surface area contributed by atoms with Crippen LogP contribution in [0.3, 0.4) is 0 Å². The second-order valence-corrected chi connectivity index (χ2v) is 2.99. The summed E-state index contributed by atoms with van der Waals surface area (Å²) in [5.41, 5.74) is 0. The van der Waals surface area contributed by atoms with Crippen LogP contribution in [0.2, 0.25) is 0 Å². The summed E-state index contributed by atoms with van der Waals surface area (Å²) in [6.07, 6.45) is -1.30. The Morgan fingerprint density at radius 1 is 1.40 bits per heavy atom. The summed E-state index contributed by atoms with van der Waals surface area (Å²) < 4.78 is 0. The number of hydrazine groups is 1. The van der Waals surface area contributed by atoms with Gasteiger partial charge in [-0.2, -0.15) is 0 Å². The number of rotatable bonds is 0. The van der Waals surface area contributed by atoms with Gasteiger partial charge in [0.1, 0.15) is 0 Å². The van der Waals surface area contributed by atoms with Gasteiger partial charge in [-0.1, -0.05) is 6.92 Å². The van der Waals surface area contributed by atoms with Crippen molar-refractivity contribution in [3.05, 3.63) is 0 Å². The van der Waals surface area contributed by atoms with Crippen LogP contribution in [0.1, 0.15) is 6.92 Å². The van der Waals surface area contributed by atoms with E-state index in [4.69, 9.17) is 10.9 Å². The standard InChI is InChI=1S/C6H14N2O2/c1-4-2-8(7)3-5(9)6(4)10/h4-6,9-10H,2-3,7H2,1H3. The molecule has 3 atom stereocenters. The quantitative estimate of drug-likeness (QED) is 0.365. The maximum absolute atomic E-state index is 9.23. The zero-order chi connectivity index (χ0) is 7.72.